The van der Waals surface area contributed by atoms with Crippen LogP contribution < -0.4 is 14.8 Å². The van der Waals surface area contributed by atoms with Crippen LogP contribution in [0.5, 0.6) is 11.5 Å². The van der Waals surface area contributed by atoms with Crippen LogP contribution in [-0.2, 0) is 10.3 Å². The molecule has 1 fully saturated rings. The average Bonchev–Trinajstić information content (AvgIpc) is 3.51. The lowest BCUT2D eigenvalue weighted by Gasteiger charge is -2.22. The zero-order valence-electron chi connectivity index (χ0n) is 16.3. The highest BCUT2D eigenvalue weighted by Crippen LogP contribution is 2.33. The summed E-state index contributed by atoms with van der Waals surface area (Å²) < 4.78 is 12.0. The van der Waals surface area contributed by atoms with Crippen LogP contribution in [-0.4, -0.2) is 56.2 Å². The molecule has 1 N–H and O–H groups in total. The molecule has 0 bridgehead atoms. The van der Waals surface area contributed by atoms with E-state index in [4.69, 9.17) is 9.47 Å². The Labute approximate surface area is 175 Å². The molecule has 3 aromatic rings. The lowest BCUT2D eigenvalue weighted by Crippen LogP contribution is -2.41. The number of hydrogen-bond donors (Lipinski definition) is 1. The fourth-order valence-corrected chi connectivity index (χ4v) is 3.58. The van der Waals surface area contributed by atoms with Crippen molar-refractivity contribution in [3.05, 3.63) is 59.9 Å². The van der Waals surface area contributed by atoms with Crippen molar-refractivity contribution in [2.75, 3.05) is 13.3 Å². The smallest absolute Gasteiger partial charge is 0.325 e. The minimum absolute atomic E-state index is 0.0854. The number of fused-ring (bicyclic) bond motifs is 1. The molecule has 0 aliphatic carbocycles. The average molecular weight is 420 g/mol. The standard InChI is InChI=1S/C20H16N6O5/c1-20(13-3-2-4-14(8-13)26-10-21-23-24-26)18(28)25(19(29)22-20)9-15(27)12-5-6-16-17(7-12)31-11-30-16/h2-8,10H,9,11H2,1H3,(H,22,29)/t20-/m1/s1. The predicted molar refractivity (Wildman–Crippen MR) is 104 cm³/mol. The number of rotatable bonds is 5. The van der Waals surface area contributed by atoms with E-state index in [-0.39, 0.29) is 6.79 Å². The van der Waals surface area contributed by atoms with Crippen LogP contribution in [0.3, 0.4) is 0 Å². The van der Waals surface area contributed by atoms with E-state index in [2.05, 4.69) is 20.8 Å². The molecule has 3 heterocycles. The highest BCUT2D eigenvalue weighted by molar-refractivity contribution is 6.11. The molecule has 31 heavy (non-hydrogen) atoms. The highest BCUT2D eigenvalue weighted by Gasteiger charge is 2.49. The number of carbonyl (C=O) groups excluding carboxylic acids is 3. The number of urea groups is 1. The second kappa shape index (κ2) is 6.90. The predicted octanol–water partition coefficient (Wildman–Crippen LogP) is 1.04. The molecule has 0 radical (unpaired) electrons. The van der Waals surface area contributed by atoms with Crippen LogP contribution in [0.2, 0.25) is 0 Å². The minimum atomic E-state index is -1.34. The molecule has 0 spiro atoms. The molecule has 2 aromatic carbocycles. The second-order valence-electron chi connectivity index (χ2n) is 7.24. The van der Waals surface area contributed by atoms with Crippen molar-refractivity contribution in [2.45, 2.75) is 12.5 Å². The SMILES string of the molecule is C[C@]1(c2cccc(-n3cnnn3)c2)NC(=O)N(CC(=O)c2ccc3c(c2)OCO3)C1=O. The van der Waals surface area contributed by atoms with Crippen molar-refractivity contribution in [2.24, 2.45) is 0 Å². The Hall–Kier alpha value is -4.28. The Balaban J connectivity index is 1.39. The molecule has 3 amide bonds. The van der Waals surface area contributed by atoms with Gasteiger partial charge in [0.15, 0.2) is 17.3 Å². The first-order chi connectivity index (χ1) is 15.0. The van der Waals surface area contributed by atoms with Gasteiger partial charge in [-0.1, -0.05) is 12.1 Å². The molecule has 1 aromatic heterocycles. The maximum Gasteiger partial charge on any atom is 0.325 e. The third-order valence-electron chi connectivity index (χ3n) is 5.31. The Morgan fingerprint density at radius 2 is 2.00 bits per heavy atom. The molecule has 156 valence electrons. The molecule has 5 rings (SSSR count). The number of carbonyl (C=O) groups is 3. The molecular formula is C20H16N6O5. The van der Waals surface area contributed by atoms with Crippen molar-refractivity contribution < 1.29 is 23.9 Å². The van der Waals surface area contributed by atoms with Crippen LogP contribution in [0.15, 0.2) is 48.8 Å². The third kappa shape index (κ3) is 3.06. The number of imide groups is 1. The van der Waals surface area contributed by atoms with Crippen LogP contribution >= 0.6 is 0 Å². The summed E-state index contributed by atoms with van der Waals surface area (Å²) >= 11 is 0. The van der Waals surface area contributed by atoms with Gasteiger partial charge in [-0.3, -0.25) is 14.5 Å². The van der Waals surface area contributed by atoms with E-state index in [0.29, 0.717) is 28.3 Å². The third-order valence-corrected chi connectivity index (χ3v) is 5.31. The second-order valence-corrected chi connectivity index (χ2v) is 7.24. The van der Waals surface area contributed by atoms with Gasteiger partial charge in [0.2, 0.25) is 6.79 Å². The summed E-state index contributed by atoms with van der Waals surface area (Å²) in [7, 11) is 0. The van der Waals surface area contributed by atoms with Crippen molar-refractivity contribution in [3.8, 4) is 17.2 Å². The van der Waals surface area contributed by atoms with Crippen LogP contribution in [0.25, 0.3) is 5.69 Å². The van der Waals surface area contributed by atoms with E-state index < -0.39 is 29.8 Å². The molecule has 1 atom stereocenters. The van der Waals surface area contributed by atoms with Crippen LogP contribution in [0, 0.1) is 0 Å². The molecule has 0 saturated carbocycles. The van der Waals surface area contributed by atoms with E-state index in [1.165, 1.54) is 17.1 Å². The molecule has 0 unspecified atom stereocenters. The summed E-state index contributed by atoms with van der Waals surface area (Å²) in [5.41, 5.74) is 0.146. The van der Waals surface area contributed by atoms with Gasteiger partial charge in [0.05, 0.1) is 12.2 Å². The molecule has 2 aliphatic heterocycles. The van der Waals surface area contributed by atoms with E-state index in [1.807, 2.05) is 0 Å². The van der Waals surface area contributed by atoms with Gasteiger partial charge < -0.3 is 14.8 Å². The Morgan fingerprint density at radius 3 is 2.81 bits per heavy atom. The van der Waals surface area contributed by atoms with E-state index >= 15 is 0 Å². The topological polar surface area (TPSA) is 129 Å². The summed E-state index contributed by atoms with van der Waals surface area (Å²) in [5, 5.41) is 13.7. The number of hydrogen-bond acceptors (Lipinski definition) is 8. The summed E-state index contributed by atoms with van der Waals surface area (Å²) in [6.45, 7) is 1.28. The molecule has 1 saturated heterocycles. The minimum Gasteiger partial charge on any atom is -0.454 e. The number of nitrogens with zero attached hydrogens (tertiary/aromatic N) is 5. The van der Waals surface area contributed by atoms with Crippen molar-refractivity contribution in [3.63, 3.8) is 0 Å². The lowest BCUT2D eigenvalue weighted by molar-refractivity contribution is -0.130. The van der Waals surface area contributed by atoms with Gasteiger partial charge in [0.1, 0.15) is 11.9 Å². The number of Topliss-reactive ketones (excluding diaryl/α,β-unsaturated/α-hetero) is 1. The van der Waals surface area contributed by atoms with E-state index in [9.17, 15) is 14.4 Å². The van der Waals surface area contributed by atoms with E-state index in [1.54, 1.807) is 43.3 Å². The first-order valence-corrected chi connectivity index (χ1v) is 9.36. The first kappa shape index (κ1) is 18.7. The zero-order chi connectivity index (χ0) is 21.6. The number of ketones is 1. The number of benzene rings is 2. The van der Waals surface area contributed by atoms with Crippen LogP contribution in [0.1, 0.15) is 22.8 Å². The van der Waals surface area contributed by atoms with Gasteiger partial charge in [-0.2, -0.15) is 0 Å². The number of aromatic nitrogens is 4. The van der Waals surface area contributed by atoms with Gasteiger partial charge in [0.25, 0.3) is 5.91 Å². The normalized spacial score (nSPS) is 19.6. The molecule has 11 nitrogen and oxygen atoms in total. The fourth-order valence-electron chi connectivity index (χ4n) is 3.58. The summed E-state index contributed by atoms with van der Waals surface area (Å²) in [4.78, 5) is 39.5. The maximum atomic E-state index is 13.2. The highest BCUT2D eigenvalue weighted by atomic mass is 16.7. The zero-order valence-corrected chi connectivity index (χ0v) is 16.3. The largest absolute Gasteiger partial charge is 0.454 e. The molecule has 11 heteroatoms. The first-order valence-electron chi connectivity index (χ1n) is 9.36. The molecular weight excluding hydrogens is 404 g/mol. The Kier molecular flexibility index (Phi) is 4.17. The quantitative estimate of drug-likeness (QED) is 0.479. The van der Waals surface area contributed by atoms with Gasteiger partial charge in [0, 0.05) is 5.56 Å². The lowest BCUT2D eigenvalue weighted by atomic mass is 9.91. The number of nitrogens with one attached hydrogen (secondary N) is 1. The van der Waals surface area contributed by atoms with E-state index in [0.717, 1.165) is 4.90 Å². The summed E-state index contributed by atoms with van der Waals surface area (Å²) in [6.07, 6.45) is 1.42. The monoisotopic (exact) mass is 420 g/mol. The van der Waals surface area contributed by atoms with Gasteiger partial charge in [-0.25, -0.2) is 9.48 Å². The Morgan fingerprint density at radius 1 is 1.16 bits per heavy atom. The number of ether oxygens (including phenoxy) is 2. The van der Waals surface area contributed by atoms with Gasteiger partial charge in [-0.05, 0) is 53.2 Å². The number of tetrazole rings is 1. The van der Waals surface area contributed by atoms with Crippen molar-refractivity contribution >= 4 is 17.7 Å². The van der Waals surface area contributed by atoms with Crippen LogP contribution in [0.4, 0.5) is 4.79 Å². The maximum absolute atomic E-state index is 13.2. The van der Waals surface area contributed by atoms with Crippen molar-refractivity contribution in [1.29, 1.82) is 0 Å². The van der Waals surface area contributed by atoms with Crippen molar-refractivity contribution in [1.82, 2.24) is 30.4 Å². The fraction of sp³-hybridized carbons (Fsp3) is 0.200. The Bertz CT molecular complexity index is 1210. The number of amides is 3. The summed E-state index contributed by atoms with van der Waals surface area (Å²) in [5.74, 6) is 0.0721. The van der Waals surface area contributed by atoms with Gasteiger partial charge >= 0.3 is 6.03 Å². The summed E-state index contributed by atoms with van der Waals surface area (Å²) in [6, 6.07) is 11.0. The molecule has 2 aliphatic rings. The van der Waals surface area contributed by atoms with Gasteiger partial charge in [-0.15, -0.1) is 5.10 Å².